The van der Waals surface area contributed by atoms with E-state index in [1.165, 1.54) is 23.1 Å². The zero-order valence-corrected chi connectivity index (χ0v) is 21.3. The van der Waals surface area contributed by atoms with Crippen LogP contribution < -0.4 is 10.6 Å². The number of anilines is 1. The lowest BCUT2D eigenvalue weighted by Crippen LogP contribution is -2.30. The third kappa shape index (κ3) is 5.40. The highest BCUT2D eigenvalue weighted by atomic mass is 32.2. The number of carbonyl (C=O) groups is 2. The van der Waals surface area contributed by atoms with Crippen molar-refractivity contribution < 1.29 is 9.59 Å². The number of hydrogen-bond donors (Lipinski definition) is 2. The first-order valence-electron chi connectivity index (χ1n) is 11.1. The Morgan fingerprint density at radius 1 is 1.06 bits per heavy atom. The molecule has 2 aromatic carbocycles. The van der Waals surface area contributed by atoms with Gasteiger partial charge in [0, 0.05) is 27.4 Å². The molecule has 1 amide bonds. The lowest BCUT2D eigenvalue weighted by Gasteiger charge is -2.29. The molecular formula is C28H25N3O2S2. The van der Waals surface area contributed by atoms with Crippen molar-refractivity contribution in [1.29, 1.82) is 5.26 Å². The molecule has 0 fully saturated rings. The van der Waals surface area contributed by atoms with Crippen LogP contribution in [0.4, 0.5) is 5.69 Å². The molecule has 1 atom stereocenters. The van der Waals surface area contributed by atoms with E-state index >= 15 is 0 Å². The van der Waals surface area contributed by atoms with Gasteiger partial charge in [-0.15, -0.1) is 11.3 Å². The summed E-state index contributed by atoms with van der Waals surface area (Å²) in [6, 6.07) is 21.2. The molecule has 0 aliphatic carbocycles. The Labute approximate surface area is 213 Å². The monoisotopic (exact) mass is 499 g/mol. The van der Waals surface area contributed by atoms with E-state index in [2.05, 4.69) is 16.7 Å². The fourth-order valence-electron chi connectivity index (χ4n) is 3.93. The van der Waals surface area contributed by atoms with Gasteiger partial charge in [-0.2, -0.15) is 5.26 Å². The first-order chi connectivity index (χ1) is 16.9. The predicted octanol–water partition coefficient (Wildman–Crippen LogP) is 6.32. The summed E-state index contributed by atoms with van der Waals surface area (Å²) in [5.74, 6) is -0.595. The highest BCUT2D eigenvalue weighted by Gasteiger charge is 2.35. The summed E-state index contributed by atoms with van der Waals surface area (Å²) in [7, 11) is 0. The molecule has 3 aromatic rings. The summed E-state index contributed by atoms with van der Waals surface area (Å²) in [4.78, 5) is 27.2. The second kappa shape index (κ2) is 10.8. The maximum Gasteiger partial charge on any atom is 0.254 e. The fourth-order valence-corrected chi connectivity index (χ4v) is 5.76. The van der Waals surface area contributed by atoms with Gasteiger partial charge in [0.05, 0.1) is 28.3 Å². The smallest absolute Gasteiger partial charge is 0.254 e. The third-order valence-electron chi connectivity index (χ3n) is 5.83. The number of amides is 1. The minimum Gasteiger partial charge on any atom is -0.353 e. The molecule has 176 valence electrons. The molecule has 0 radical (unpaired) electrons. The van der Waals surface area contributed by atoms with Gasteiger partial charge in [0.2, 0.25) is 0 Å². The van der Waals surface area contributed by atoms with Crippen LogP contribution in [0.5, 0.6) is 0 Å². The van der Waals surface area contributed by atoms with Crippen LogP contribution >= 0.6 is 23.1 Å². The number of para-hydroxylation sites is 1. The fraction of sp³-hybridized carbons (Fsp3) is 0.179. The number of aryl methyl sites for hydroxylation is 2. The van der Waals surface area contributed by atoms with Crippen LogP contribution in [0.15, 0.2) is 87.9 Å². The number of benzene rings is 2. The van der Waals surface area contributed by atoms with Crippen molar-refractivity contribution in [2.24, 2.45) is 0 Å². The van der Waals surface area contributed by atoms with Crippen LogP contribution in [0.2, 0.25) is 0 Å². The van der Waals surface area contributed by atoms with E-state index in [1.807, 2.05) is 86.8 Å². The molecule has 0 spiro atoms. The van der Waals surface area contributed by atoms with E-state index in [4.69, 9.17) is 0 Å². The van der Waals surface area contributed by atoms with Crippen molar-refractivity contribution in [3.8, 4) is 6.07 Å². The Morgan fingerprint density at radius 3 is 2.46 bits per heavy atom. The van der Waals surface area contributed by atoms with Crippen LogP contribution in [0.3, 0.4) is 0 Å². The number of allylic oxidation sites excluding steroid dienone is 2. The Balaban J connectivity index is 1.64. The Bertz CT molecular complexity index is 1360. The Kier molecular flexibility index (Phi) is 7.54. The molecule has 5 nitrogen and oxygen atoms in total. The zero-order valence-electron chi connectivity index (χ0n) is 19.7. The number of nitrogens with one attached hydrogen (secondary N) is 2. The summed E-state index contributed by atoms with van der Waals surface area (Å²) < 4.78 is 0. The Morgan fingerprint density at radius 2 is 1.80 bits per heavy atom. The number of Topliss-reactive ketones (excluding diaryl/α,β-unsaturated/α-hetero) is 1. The van der Waals surface area contributed by atoms with E-state index in [9.17, 15) is 14.9 Å². The van der Waals surface area contributed by atoms with Crippen LogP contribution in [-0.4, -0.2) is 17.4 Å². The molecule has 1 aliphatic heterocycles. The van der Waals surface area contributed by atoms with Crippen LogP contribution in [0.1, 0.15) is 39.2 Å². The van der Waals surface area contributed by atoms with Gasteiger partial charge in [-0.1, -0.05) is 65.9 Å². The molecule has 2 N–H and O–H groups in total. The van der Waals surface area contributed by atoms with Crippen molar-refractivity contribution in [2.45, 2.75) is 26.7 Å². The number of carbonyl (C=O) groups excluding carboxylic acids is 2. The number of rotatable bonds is 7. The quantitative estimate of drug-likeness (QED) is 0.372. The average Bonchev–Trinajstić information content (AvgIpc) is 3.38. The van der Waals surface area contributed by atoms with Gasteiger partial charge in [0.25, 0.3) is 5.91 Å². The number of nitriles is 1. The van der Waals surface area contributed by atoms with Crippen molar-refractivity contribution in [2.75, 3.05) is 11.1 Å². The zero-order chi connectivity index (χ0) is 24.9. The SMILES string of the molecule is CC1=C(C(=O)Nc2ccccc2C)[C@H](c2cccs2)C(C#N)=C(SCC(=O)c2ccc(C)cc2)N1. The molecule has 2 heterocycles. The average molecular weight is 500 g/mol. The lowest BCUT2D eigenvalue weighted by molar-refractivity contribution is -0.113. The molecule has 0 unspecified atom stereocenters. The summed E-state index contributed by atoms with van der Waals surface area (Å²) in [5, 5.41) is 19.0. The van der Waals surface area contributed by atoms with Crippen LogP contribution in [0, 0.1) is 25.2 Å². The van der Waals surface area contributed by atoms with Gasteiger partial charge >= 0.3 is 0 Å². The van der Waals surface area contributed by atoms with Crippen molar-refractivity contribution in [3.05, 3.63) is 109 Å². The van der Waals surface area contributed by atoms with Crippen molar-refractivity contribution in [3.63, 3.8) is 0 Å². The summed E-state index contributed by atoms with van der Waals surface area (Å²) in [6.07, 6.45) is 0. The second-order valence-corrected chi connectivity index (χ2v) is 10.3. The molecule has 4 rings (SSSR count). The van der Waals surface area contributed by atoms with Crippen LogP contribution in [0.25, 0.3) is 0 Å². The lowest BCUT2D eigenvalue weighted by atomic mass is 9.86. The normalized spacial score (nSPS) is 15.4. The van der Waals surface area contributed by atoms with Gasteiger partial charge in [-0.3, -0.25) is 9.59 Å². The number of ketones is 1. The van der Waals surface area contributed by atoms with E-state index in [0.29, 0.717) is 27.4 Å². The first-order valence-corrected chi connectivity index (χ1v) is 13.0. The number of dihydropyridines is 1. The molecule has 35 heavy (non-hydrogen) atoms. The maximum absolute atomic E-state index is 13.5. The van der Waals surface area contributed by atoms with Gasteiger partial charge in [-0.25, -0.2) is 0 Å². The number of hydrogen-bond acceptors (Lipinski definition) is 6. The molecule has 0 saturated heterocycles. The van der Waals surface area contributed by atoms with Crippen molar-refractivity contribution in [1.82, 2.24) is 5.32 Å². The number of thioether (sulfide) groups is 1. The molecule has 1 aromatic heterocycles. The summed E-state index contributed by atoms with van der Waals surface area (Å²) in [5.41, 5.74) is 5.02. The molecule has 0 saturated carbocycles. The summed E-state index contributed by atoms with van der Waals surface area (Å²) >= 11 is 2.80. The van der Waals surface area contributed by atoms with E-state index in [-0.39, 0.29) is 17.4 Å². The molecule has 1 aliphatic rings. The van der Waals surface area contributed by atoms with Gasteiger partial charge in [-0.05, 0) is 43.8 Å². The van der Waals surface area contributed by atoms with E-state index < -0.39 is 5.92 Å². The molecule has 0 bridgehead atoms. The van der Waals surface area contributed by atoms with Crippen LogP contribution in [-0.2, 0) is 4.79 Å². The number of thiophene rings is 1. The molecular weight excluding hydrogens is 474 g/mol. The summed E-state index contributed by atoms with van der Waals surface area (Å²) in [6.45, 7) is 5.75. The Hall–Kier alpha value is -3.60. The van der Waals surface area contributed by atoms with Gasteiger partial charge in [0.1, 0.15) is 0 Å². The predicted molar refractivity (Wildman–Crippen MR) is 143 cm³/mol. The number of nitrogens with zero attached hydrogens (tertiary/aromatic N) is 1. The standard InChI is InChI=1S/C28H25N3O2S2/c1-17-10-12-20(13-11-17)23(32)16-35-28-21(15-29)26(24-9-6-14-34-24)25(19(3)30-28)27(33)31-22-8-5-4-7-18(22)2/h4-14,26,30H,16H2,1-3H3,(H,31,33)/t26-/m0/s1. The third-order valence-corrected chi connectivity index (χ3v) is 7.79. The second-order valence-electron chi connectivity index (χ2n) is 8.31. The van der Waals surface area contributed by atoms with E-state index in [1.54, 1.807) is 0 Å². The highest BCUT2D eigenvalue weighted by Crippen LogP contribution is 2.42. The van der Waals surface area contributed by atoms with Gasteiger partial charge < -0.3 is 10.6 Å². The van der Waals surface area contributed by atoms with Crippen molar-refractivity contribution >= 4 is 40.5 Å². The largest absolute Gasteiger partial charge is 0.353 e. The molecule has 7 heteroatoms. The maximum atomic E-state index is 13.5. The minimum atomic E-state index is -0.512. The van der Waals surface area contributed by atoms with Gasteiger partial charge in [0.15, 0.2) is 5.78 Å². The first kappa shape index (κ1) is 24.5. The minimum absolute atomic E-state index is 0.0148. The highest BCUT2D eigenvalue weighted by molar-refractivity contribution is 8.03. The topological polar surface area (TPSA) is 82.0 Å². The van der Waals surface area contributed by atoms with E-state index in [0.717, 1.165) is 21.7 Å².